The Morgan fingerprint density at radius 3 is 2.48 bits per heavy atom. The van der Waals surface area contributed by atoms with Crippen LogP contribution in [0.4, 0.5) is 0 Å². The summed E-state index contributed by atoms with van der Waals surface area (Å²) in [5, 5.41) is 2.20. The lowest BCUT2D eigenvalue weighted by atomic mass is 10.0. The van der Waals surface area contributed by atoms with E-state index in [0.717, 1.165) is 21.0 Å². The van der Waals surface area contributed by atoms with Gasteiger partial charge in [-0.05, 0) is 24.1 Å². The zero-order valence-electron chi connectivity index (χ0n) is 11.5. The quantitative estimate of drug-likeness (QED) is 0.541. The number of hydrogen-bond donors (Lipinski definition) is 1. The molecule has 2 aromatic carbocycles. The zero-order valence-corrected chi connectivity index (χ0v) is 12.3. The molecule has 1 N–H and O–H groups in total. The minimum atomic E-state index is -0.000943. The summed E-state index contributed by atoms with van der Waals surface area (Å²) in [6.07, 6.45) is 0. The van der Waals surface area contributed by atoms with E-state index in [1.54, 1.807) is 11.3 Å². The van der Waals surface area contributed by atoms with Crippen molar-refractivity contribution in [1.29, 1.82) is 0 Å². The molecule has 4 rings (SSSR count). The van der Waals surface area contributed by atoms with E-state index in [0.29, 0.717) is 0 Å². The SMILES string of the molecule is Cc1c(-c2ccccc2)sc2c(=O)[nH]c3ccccc3c12. The third-order valence-corrected chi connectivity index (χ3v) is 5.17. The second kappa shape index (κ2) is 4.57. The number of thiophene rings is 1. The predicted molar refractivity (Wildman–Crippen MR) is 90.1 cm³/mol. The summed E-state index contributed by atoms with van der Waals surface area (Å²) in [5.41, 5.74) is 3.25. The van der Waals surface area contributed by atoms with E-state index in [1.165, 1.54) is 16.0 Å². The van der Waals surface area contributed by atoms with Crippen LogP contribution in [0.5, 0.6) is 0 Å². The number of hydrogen-bond acceptors (Lipinski definition) is 2. The van der Waals surface area contributed by atoms with Crippen molar-refractivity contribution < 1.29 is 0 Å². The van der Waals surface area contributed by atoms with Crippen molar-refractivity contribution in [3.05, 3.63) is 70.5 Å². The number of aromatic nitrogens is 1. The fourth-order valence-corrected chi connectivity index (χ4v) is 4.07. The van der Waals surface area contributed by atoms with Crippen LogP contribution in [0.25, 0.3) is 31.4 Å². The maximum absolute atomic E-state index is 12.3. The lowest BCUT2D eigenvalue weighted by Gasteiger charge is -2.01. The molecule has 3 heteroatoms. The zero-order chi connectivity index (χ0) is 14.4. The number of aromatic amines is 1. The molecule has 0 radical (unpaired) electrons. The van der Waals surface area contributed by atoms with Gasteiger partial charge in [0.1, 0.15) is 4.70 Å². The van der Waals surface area contributed by atoms with Crippen LogP contribution in [-0.4, -0.2) is 4.98 Å². The molecule has 0 aliphatic heterocycles. The molecule has 2 aromatic heterocycles. The molecule has 0 fully saturated rings. The molecule has 0 saturated carbocycles. The van der Waals surface area contributed by atoms with Gasteiger partial charge in [-0.2, -0.15) is 0 Å². The Morgan fingerprint density at radius 1 is 0.952 bits per heavy atom. The van der Waals surface area contributed by atoms with Crippen LogP contribution >= 0.6 is 11.3 Å². The molecule has 0 unspecified atom stereocenters. The summed E-state index contributed by atoms with van der Waals surface area (Å²) < 4.78 is 0.810. The molecule has 0 atom stereocenters. The van der Waals surface area contributed by atoms with Gasteiger partial charge in [0.2, 0.25) is 0 Å². The van der Waals surface area contributed by atoms with Crippen molar-refractivity contribution in [3.8, 4) is 10.4 Å². The summed E-state index contributed by atoms with van der Waals surface area (Å²) in [5.74, 6) is 0. The van der Waals surface area contributed by atoms with E-state index < -0.39 is 0 Å². The molecule has 4 aromatic rings. The Labute approximate surface area is 125 Å². The van der Waals surface area contributed by atoms with Crippen LogP contribution in [0.15, 0.2) is 59.4 Å². The molecule has 0 aliphatic rings. The van der Waals surface area contributed by atoms with Gasteiger partial charge in [-0.15, -0.1) is 11.3 Å². The van der Waals surface area contributed by atoms with Crippen LogP contribution in [0.2, 0.25) is 0 Å². The molecule has 0 aliphatic carbocycles. The first kappa shape index (κ1) is 12.4. The van der Waals surface area contributed by atoms with E-state index in [2.05, 4.69) is 30.1 Å². The van der Waals surface area contributed by atoms with Crippen molar-refractivity contribution in [2.45, 2.75) is 6.92 Å². The minimum Gasteiger partial charge on any atom is -0.321 e. The molecule has 2 nitrogen and oxygen atoms in total. The van der Waals surface area contributed by atoms with Crippen LogP contribution < -0.4 is 5.56 Å². The number of aryl methyl sites for hydroxylation is 1. The van der Waals surface area contributed by atoms with E-state index in [1.807, 2.05) is 36.4 Å². The fraction of sp³-hybridized carbons (Fsp3) is 0.0556. The summed E-state index contributed by atoms with van der Waals surface area (Å²) in [4.78, 5) is 16.5. The second-order valence-corrected chi connectivity index (χ2v) is 6.15. The maximum atomic E-state index is 12.3. The van der Waals surface area contributed by atoms with E-state index in [4.69, 9.17) is 0 Å². The number of benzene rings is 2. The molecule has 0 saturated heterocycles. The van der Waals surface area contributed by atoms with Crippen LogP contribution in [0.3, 0.4) is 0 Å². The average Bonchev–Trinajstić information content (AvgIpc) is 2.87. The first-order valence-corrected chi connectivity index (χ1v) is 7.67. The van der Waals surface area contributed by atoms with Gasteiger partial charge in [0.25, 0.3) is 5.56 Å². The summed E-state index contributed by atoms with van der Waals surface area (Å²) >= 11 is 1.57. The second-order valence-electron chi connectivity index (χ2n) is 5.13. The van der Waals surface area contributed by atoms with Crippen molar-refractivity contribution in [2.24, 2.45) is 0 Å². The maximum Gasteiger partial charge on any atom is 0.266 e. The lowest BCUT2D eigenvalue weighted by molar-refractivity contribution is 1.35. The summed E-state index contributed by atoms with van der Waals surface area (Å²) in [7, 11) is 0. The Hall–Kier alpha value is -2.39. The van der Waals surface area contributed by atoms with Gasteiger partial charge >= 0.3 is 0 Å². The molecule has 2 heterocycles. The number of H-pyrrole nitrogens is 1. The average molecular weight is 291 g/mol. The lowest BCUT2D eigenvalue weighted by Crippen LogP contribution is -2.04. The number of para-hydroxylation sites is 1. The Kier molecular flexibility index (Phi) is 2.69. The standard InChI is InChI=1S/C18H13NOS/c1-11-15-13-9-5-6-10-14(13)19-18(20)17(15)21-16(11)12-7-3-2-4-8-12/h2-10H,1H3,(H,19,20). The van der Waals surface area contributed by atoms with E-state index >= 15 is 0 Å². The molecule has 102 valence electrons. The van der Waals surface area contributed by atoms with Gasteiger partial charge in [-0.3, -0.25) is 4.79 Å². The molecule has 0 spiro atoms. The smallest absolute Gasteiger partial charge is 0.266 e. The third kappa shape index (κ3) is 1.82. The van der Waals surface area contributed by atoms with Gasteiger partial charge in [-0.1, -0.05) is 48.5 Å². The fourth-order valence-electron chi connectivity index (χ4n) is 2.85. The van der Waals surface area contributed by atoms with Crippen molar-refractivity contribution >= 4 is 32.3 Å². The Morgan fingerprint density at radius 2 is 1.67 bits per heavy atom. The third-order valence-electron chi connectivity index (χ3n) is 3.83. The number of rotatable bonds is 1. The van der Waals surface area contributed by atoms with Crippen LogP contribution in [-0.2, 0) is 0 Å². The van der Waals surface area contributed by atoms with Gasteiger partial charge in [0.05, 0.1) is 0 Å². The van der Waals surface area contributed by atoms with Crippen molar-refractivity contribution in [1.82, 2.24) is 4.98 Å². The van der Waals surface area contributed by atoms with E-state index in [-0.39, 0.29) is 5.56 Å². The molecular weight excluding hydrogens is 278 g/mol. The number of fused-ring (bicyclic) bond motifs is 3. The highest BCUT2D eigenvalue weighted by Gasteiger charge is 2.15. The first-order valence-electron chi connectivity index (χ1n) is 6.85. The molecule has 0 amide bonds. The normalized spacial score (nSPS) is 11.3. The monoisotopic (exact) mass is 291 g/mol. The predicted octanol–water partition coefficient (Wildman–Crippen LogP) is 4.72. The summed E-state index contributed by atoms with van der Waals surface area (Å²) in [6.45, 7) is 2.10. The Balaban J connectivity index is 2.18. The van der Waals surface area contributed by atoms with Crippen molar-refractivity contribution in [2.75, 3.05) is 0 Å². The molecular formula is C18H13NOS. The first-order chi connectivity index (χ1) is 10.3. The van der Waals surface area contributed by atoms with Crippen LogP contribution in [0, 0.1) is 6.92 Å². The Bertz CT molecular complexity index is 1010. The number of nitrogens with one attached hydrogen (secondary N) is 1. The molecule has 0 bridgehead atoms. The summed E-state index contributed by atoms with van der Waals surface area (Å²) in [6, 6.07) is 18.2. The highest BCUT2D eigenvalue weighted by molar-refractivity contribution is 7.22. The van der Waals surface area contributed by atoms with Gasteiger partial charge in [0.15, 0.2) is 0 Å². The van der Waals surface area contributed by atoms with Crippen LogP contribution in [0.1, 0.15) is 5.56 Å². The molecule has 21 heavy (non-hydrogen) atoms. The van der Waals surface area contributed by atoms with Gasteiger partial charge in [-0.25, -0.2) is 0 Å². The highest BCUT2D eigenvalue weighted by Crippen LogP contribution is 2.39. The topological polar surface area (TPSA) is 32.9 Å². The highest BCUT2D eigenvalue weighted by atomic mass is 32.1. The minimum absolute atomic E-state index is 0.000943. The van der Waals surface area contributed by atoms with Crippen molar-refractivity contribution in [3.63, 3.8) is 0 Å². The van der Waals surface area contributed by atoms with Gasteiger partial charge in [0, 0.05) is 21.2 Å². The largest absolute Gasteiger partial charge is 0.321 e. The van der Waals surface area contributed by atoms with Gasteiger partial charge < -0.3 is 4.98 Å². The van der Waals surface area contributed by atoms with E-state index in [9.17, 15) is 4.79 Å². The number of pyridine rings is 1.